The molecule has 0 saturated carbocycles. The van der Waals surface area contributed by atoms with E-state index in [1.165, 1.54) is 5.56 Å². The molecule has 3 aromatic rings. The summed E-state index contributed by atoms with van der Waals surface area (Å²) in [7, 11) is 3.17. The Balaban J connectivity index is 1.69. The van der Waals surface area contributed by atoms with Crippen molar-refractivity contribution in [1.82, 2.24) is 10.3 Å². The molecular weight excluding hydrogens is 366 g/mol. The van der Waals surface area contributed by atoms with Gasteiger partial charge in [0.15, 0.2) is 11.5 Å². The number of carbonyl (C=O) groups is 1. The number of aryl methyl sites for hydroxylation is 2. The quantitative estimate of drug-likeness (QED) is 0.625. The molecule has 0 saturated heterocycles. The molecule has 1 amide bonds. The number of aromatic nitrogens is 1. The minimum atomic E-state index is -0.246. The van der Waals surface area contributed by atoms with Gasteiger partial charge in [-0.05, 0) is 60.9 Å². The molecule has 6 heteroatoms. The van der Waals surface area contributed by atoms with Crippen LogP contribution in [0.5, 0.6) is 11.5 Å². The zero-order valence-corrected chi connectivity index (χ0v) is 17.1. The van der Waals surface area contributed by atoms with E-state index in [4.69, 9.17) is 9.47 Å². The molecule has 3 rings (SSSR count). The number of hydrogen-bond acceptors (Lipinski definition) is 5. The van der Waals surface area contributed by atoms with Crippen molar-refractivity contribution >= 4 is 17.3 Å². The van der Waals surface area contributed by atoms with Crippen molar-refractivity contribution in [3.05, 3.63) is 77.1 Å². The minimum Gasteiger partial charge on any atom is -0.493 e. The number of benzene rings is 2. The first-order valence-electron chi connectivity index (χ1n) is 9.29. The summed E-state index contributed by atoms with van der Waals surface area (Å²) in [5.41, 5.74) is 5.37. The van der Waals surface area contributed by atoms with Crippen LogP contribution in [0.2, 0.25) is 0 Å². The third-order valence-corrected chi connectivity index (χ3v) is 4.57. The maximum Gasteiger partial charge on any atom is 0.270 e. The lowest BCUT2D eigenvalue weighted by molar-refractivity contribution is 0.0946. The largest absolute Gasteiger partial charge is 0.493 e. The molecule has 0 bridgehead atoms. The highest BCUT2D eigenvalue weighted by Crippen LogP contribution is 2.27. The maximum atomic E-state index is 12.6. The number of nitrogens with zero attached hydrogens (tertiary/aromatic N) is 1. The molecule has 0 aliphatic rings. The van der Waals surface area contributed by atoms with Gasteiger partial charge in [-0.25, -0.2) is 0 Å². The Morgan fingerprint density at radius 1 is 0.966 bits per heavy atom. The summed E-state index contributed by atoms with van der Waals surface area (Å²) < 4.78 is 10.5. The van der Waals surface area contributed by atoms with Gasteiger partial charge in [0.2, 0.25) is 0 Å². The van der Waals surface area contributed by atoms with Crippen LogP contribution in [0.3, 0.4) is 0 Å². The molecule has 0 radical (unpaired) electrons. The SMILES string of the molecule is COc1ccc(CNC(=O)c2cc(Nc3cc(C)ccc3C)ccn2)cc1OC. The van der Waals surface area contributed by atoms with Crippen LogP contribution in [0.25, 0.3) is 0 Å². The van der Waals surface area contributed by atoms with Crippen LogP contribution >= 0.6 is 0 Å². The van der Waals surface area contributed by atoms with Crippen LogP contribution in [0, 0.1) is 13.8 Å². The summed E-state index contributed by atoms with van der Waals surface area (Å²) in [6.07, 6.45) is 1.62. The molecule has 0 aliphatic carbocycles. The van der Waals surface area contributed by atoms with E-state index in [1.54, 1.807) is 26.5 Å². The first-order chi connectivity index (χ1) is 14.0. The molecule has 1 aromatic heterocycles. The Kier molecular flexibility index (Phi) is 6.34. The third-order valence-electron chi connectivity index (χ3n) is 4.57. The van der Waals surface area contributed by atoms with Gasteiger partial charge in [-0.2, -0.15) is 0 Å². The fraction of sp³-hybridized carbons (Fsp3) is 0.217. The van der Waals surface area contributed by atoms with Crippen molar-refractivity contribution in [3.8, 4) is 11.5 Å². The van der Waals surface area contributed by atoms with Gasteiger partial charge in [-0.15, -0.1) is 0 Å². The Hall–Kier alpha value is -3.54. The van der Waals surface area contributed by atoms with Gasteiger partial charge in [-0.3, -0.25) is 9.78 Å². The topological polar surface area (TPSA) is 72.5 Å². The van der Waals surface area contributed by atoms with Crippen molar-refractivity contribution in [2.45, 2.75) is 20.4 Å². The van der Waals surface area contributed by atoms with E-state index in [9.17, 15) is 4.79 Å². The van der Waals surface area contributed by atoms with Gasteiger partial charge in [0, 0.05) is 24.1 Å². The molecule has 2 aromatic carbocycles. The highest BCUT2D eigenvalue weighted by molar-refractivity contribution is 5.93. The number of nitrogens with one attached hydrogen (secondary N) is 2. The molecular formula is C23H25N3O3. The Bertz CT molecular complexity index is 1020. The number of amides is 1. The molecule has 1 heterocycles. The second-order valence-corrected chi connectivity index (χ2v) is 6.75. The van der Waals surface area contributed by atoms with E-state index >= 15 is 0 Å². The summed E-state index contributed by atoms with van der Waals surface area (Å²) in [5, 5.41) is 6.25. The van der Waals surface area contributed by atoms with E-state index in [-0.39, 0.29) is 5.91 Å². The van der Waals surface area contributed by atoms with E-state index in [1.807, 2.05) is 38.1 Å². The molecule has 150 valence electrons. The lowest BCUT2D eigenvalue weighted by atomic mass is 10.1. The lowest BCUT2D eigenvalue weighted by Gasteiger charge is -2.12. The van der Waals surface area contributed by atoms with Gasteiger partial charge < -0.3 is 20.1 Å². The van der Waals surface area contributed by atoms with E-state index in [2.05, 4.69) is 33.8 Å². The zero-order valence-electron chi connectivity index (χ0n) is 17.1. The lowest BCUT2D eigenvalue weighted by Crippen LogP contribution is -2.23. The number of ether oxygens (including phenoxy) is 2. The summed E-state index contributed by atoms with van der Waals surface area (Å²) >= 11 is 0. The third kappa shape index (κ3) is 5.04. The van der Waals surface area contributed by atoms with Crippen LogP contribution in [0.15, 0.2) is 54.7 Å². The van der Waals surface area contributed by atoms with Gasteiger partial charge in [-0.1, -0.05) is 18.2 Å². The number of carbonyl (C=O) groups excluding carboxylic acids is 1. The first kappa shape index (κ1) is 20.2. The number of rotatable bonds is 7. The number of anilines is 2. The smallest absolute Gasteiger partial charge is 0.270 e. The fourth-order valence-electron chi connectivity index (χ4n) is 2.92. The van der Waals surface area contributed by atoms with Crippen LogP contribution < -0.4 is 20.1 Å². The highest BCUT2D eigenvalue weighted by Gasteiger charge is 2.10. The zero-order chi connectivity index (χ0) is 20.8. The van der Waals surface area contributed by atoms with Gasteiger partial charge in [0.25, 0.3) is 5.91 Å². The molecule has 0 unspecified atom stereocenters. The molecule has 6 nitrogen and oxygen atoms in total. The van der Waals surface area contributed by atoms with Crippen molar-refractivity contribution in [2.24, 2.45) is 0 Å². The summed E-state index contributed by atoms with van der Waals surface area (Å²) in [6.45, 7) is 4.44. The summed E-state index contributed by atoms with van der Waals surface area (Å²) in [6, 6.07) is 15.3. The Labute approximate surface area is 170 Å². The maximum absolute atomic E-state index is 12.6. The fourth-order valence-corrected chi connectivity index (χ4v) is 2.92. The molecule has 0 spiro atoms. The Morgan fingerprint density at radius 2 is 1.76 bits per heavy atom. The van der Waals surface area contributed by atoms with Crippen molar-refractivity contribution in [3.63, 3.8) is 0 Å². The molecule has 0 aliphatic heterocycles. The second-order valence-electron chi connectivity index (χ2n) is 6.75. The predicted molar refractivity (Wildman–Crippen MR) is 114 cm³/mol. The van der Waals surface area contributed by atoms with Crippen molar-refractivity contribution in [2.75, 3.05) is 19.5 Å². The monoisotopic (exact) mass is 391 g/mol. The van der Waals surface area contributed by atoms with E-state index < -0.39 is 0 Å². The van der Waals surface area contributed by atoms with Crippen LogP contribution in [-0.4, -0.2) is 25.1 Å². The van der Waals surface area contributed by atoms with Crippen LogP contribution in [-0.2, 0) is 6.54 Å². The minimum absolute atomic E-state index is 0.246. The molecule has 2 N–H and O–H groups in total. The van der Waals surface area contributed by atoms with Gasteiger partial charge in [0.1, 0.15) is 5.69 Å². The van der Waals surface area contributed by atoms with Crippen molar-refractivity contribution < 1.29 is 14.3 Å². The second kappa shape index (κ2) is 9.10. The van der Waals surface area contributed by atoms with Crippen molar-refractivity contribution in [1.29, 1.82) is 0 Å². The predicted octanol–water partition coefficient (Wildman–Crippen LogP) is 4.39. The number of pyridine rings is 1. The average molecular weight is 391 g/mol. The summed E-state index contributed by atoms with van der Waals surface area (Å²) in [5.74, 6) is 1.02. The van der Waals surface area contributed by atoms with Crippen LogP contribution in [0.4, 0.5) is 11.4 Å². The standard InChI is InChI=1S/C23H25N3O3/c1-15-5-6-16(2)19(11-15)26-18-9-10-24-20(13-18)23(27)25-14-17-7-8-21(28-3)22(12-17)29-4/h5-13H,14H2,1-4H3,(H,24,26)(H,25,27). The molecule has 0 atom stereocenters. The summed E-state index contributed by atoms with van der Waals surface area (Å²) in [4.78, 5) is 16.8. The number of hydrogen-bond donors (Lipinski definition) is 2. The van der Waals surface area contributed by atoms with E-state index in [0.29, 0.717) is 23.7 Å². The molecule has 29 heavy (non-hydrogen) atoms. The van der Waals surface area contributed by atoms with E-state index in [0.717, 1.165) is 22.5 Å². The highest BCUT2D eigenvalue weighted by atomic mass is 16.5. The normalized spacial score (nSPS) is 10.3. The molecule has 0 fully saturated rings. The average Bonchev–Trinajstić information content (AvgIpc) is 2.74. The Morgan fingerprint density at radius 3 is 2.52 bits per heavy atom. The first-order valence-corrected chi connectivity index (χ1v) is 9.29. The number of methoxy groups -OCH3 is 2. The van der Waals surface area contributed by atoms with Gasteiger partial charge >= 0.3 is 0 Å². The van der Waals surface area contributed by atoms with Crippen LogP contribution in [0.1, 0.15) is 27.2 Å². The van der Waals surface area contributed by atoms with Gasteiger partial charge in [0.05, 0.1) is 14.2 Å².